The van der Waals surface area contributed by atoms with E-state index >= 15 is 0 Å². The molecule has 1 heterocycles. The molecule has 0 saturated heterocycles. The van der Waals surface area contributed by atoms with Gasteiger partial charge in [0.1, 0.15) is 12.1 Å². The number of halogens is 3. The van der Waals surface area contributed by atoms with Gasteiger partial charge in [-0.2, -0.15) is 13.2 Å². The molecule has 0 aromatic carbocycles. The number of hydrogen-bond acceptors (Lipinski definition) is 4. The SMILES string of the molecule is Nc1ncnc(C23CC(C(F)(F)F)(C2)C3)c1N. The van der Waals surface area contributed by atoms with Crippen molar-refractivity contribution in [3.05, 3.63) is 12.0 Å². The highest BCUT2D eigenvalue weighted by Gasteiger charge is 2.79. The third kappa shape index (κ3) is 1.09. The van der Waals surface area contributed by atoms with Gasteiger partial charge >= 0.3 is 6.18 Å². The lowest BCUT2D eigenvalue weighted by Gasteiger charge is -2.70. The van der Waals surface area contributed by atoms with Crippen LogP contribution in [-0.2, 0) is 5.41 Å². The van der Waals surface area contributed by atoms with Crippen molar-refractivity contribution in [1.29, 1.82) is 0 Å². The molecule has 3 aliphatic rings. The molecule has 0 radical (unpaired) electrons. The molecule has 4 rings (SSSR count). The van der Waals surface area contributed by atoms with Crippen LogP contribution in [0.1, 0.15) is 25.0 Å². The summed E-state index contributed by atoms with van der Waals surface area (Å²) in [5.41, 5.74) is 9.95. The lowest BCUT2D eigenvalue weighted by Crippen LogP contribution is -2.70. The molecule has 0 unspecified atom stereocenters. The largest absolute Gasteiger partial charge is 0.394 e. The van der Waals surface area contributed by atoms with Crippen LogP contribution in [0.5, 0.6) is 0 Å². The van der Waals surface area contributed by atoms with Crippen molar-refractivity contribution in [2.75, 3.05) is 11.5 Å². The van der Waals surface area contributed by atoms with Crippen LogP contribution < -0.4 is 11.5 Å². The van der Waals surface area contributed by atoms with E-state index in [1.54, 1.807) is 0 Å². The number of alkyl halides is 3. The number of rotatable bonds is 1. The van der Waals surface area contributed by atoms with E-state index in [4.69, 9.17) is 11.5 Å². The molecule has 92 valence electrons. The zero-order valence-corrected chi connectivity index (χ0v) is 8.88. The molecule has 0 amide bonds. The molecule has 3 fully saturated rings. The normalized spacial score (nSPS) is 35.0. The molecule has 0 atom stereocenters. The Balaban J connectivity index is 1.90. The fraction of sp³-hybridized carbons (Fsp3) is 0.600. The van der Waals surface area contributed by atoms with Crippen molar-refractivity contribution in [3.8, 4) is 0 Å². The first-order chi connectivity index (χ1) is 7.80. The molecule has 1 aromatic heterocycles. The number of hydrogen-bond donors (Lipinski definition) is 2. The smallest absolute Gasteiger partial charge is 0.394 e. The van der Waals surface area contributed by atoms with Gasteiger partial charge in [0.05, 0.1) is 16.8 Å². The molecule has 3 aliphatic carbocycles. The summed E-state index contributed by atoms with van der Waals surface area (Å²) in [6.45, 7) is 0. The summed E-state index contributed by atoms with van der Waals surface area (Å²) in [6.07, 6.45) is -2.65. The Morgan fingerprint density at radius 3 is 2.24 bits per heavy atom. The van der Waals surface area contributed by atoms with Crippen molar-refractivity contribution >= 4 is 11.5 Å². The summed E-state index contributed by atoms with van der Waals surface area (Å²) in [7, 11) is 0. The van der Waals surface area contributed by atoms with E-state index < -0.39 is 17.0 Å². The molecule has 7 heteroatoms. The van der Waals surface area contributed by atoms with Crippen LogP contribution in [-0.4, -0.2) is 16.1 Å². The second-order valence-corrected chi connectivity index (χ2v) is 5.11. The molecule has 17 heavy (non-hydrogen) atoms. The minimum absolute atomic E-state index is 0.0736. The van der Waals surface area contributed by atoms with E-state index in [0.29, 0.717) is 5.69 Å². The highest BCUT2D eigenvalue weighted by Crippen LogP contribution is 2.78. The van der Waals surface area contributed by atoms with Crippen LogP contribution in [0.4, 0.5) is 24.7 Å². The third-order valence-corrected chi connectivity index (χ3v) is 4.05. The van der Waals surface area contributed by atoms with Crippen molar-refractivity contribution in [1.82, 2.24) is 9.97 Å². The molecule has 3 saturated carbocycles. The van der Waals surface area contributed by atoms with Gasteiger partial charge in [-0.1, -0.05) is 0 Å². The predicted molar refractivity (Wildman–Crippen MR) is 54.9 cm³/mol. The van der Waals surface area contributed by atoms with E-state index in [1.165, 1.54) is 6.33 Å². The monoisotopic (exact) mass is 244 g/mol. The van der Waals surface area contributed by atoms with Crippen LogP contribution in [0.25, 0.3) is 0 Å². The Morgan fingerprint density at radius 1 is 1.12 bits per heavy atom. The van der Waals surface area contributed by atoms with Gasteiger partial charge in [0.25, 0.3) is 0 Å². The standard InChI is InChI=1S/C10H11F3N4/c11-10(12,13)9-1-8(2-9,3-9)6-5(14)7(15)17-4-16-6/h4H,1-3,14H2,(H2,15,16,17). The Bertz CT molecular complexity index is 477. The third-order valence-electron chi connectivity index (χ3n) is 4.05. The van der Waals surface area contributed by atoms with Crippen LogP contribution in [0.15, 0.2) is 6.33 Å². The average Bonchev–Trinajstić information content (AvgIpc) is 2.05. The van der Waals surface area contributed by atoms with Crippen LogP contribution in [0, 0.1) is 5.41 Å². The van der Waals surface area contributed by atoms with Crippen LogP contribution in [0.3, 0.4) is 0 Å². The summed E-state index contributed by atoms with van der Waals surface area (Å²) in [6, 6.07) is 0. The number of aromatic nitrogens is 2. The summed E-state index contributed by atoms with van der Waals surface area (Å²) in [5, 5.41) is 0. The van der Waals surface area contributed by atoms with E-state index in [0.717, 1.165) is 0 Å². The summed E-state index contributed by atoms with van der Waals surface area (Å²) in [4.78, 5) is 7.71. The average molecular weight is 244 g/mol. The first-order valence-electron chi connectivity index (χ1n) is 5.23. The predicted octanol–water partition coefficient (Wildman–Crippen LogP) is 1.63. The Labute approximate surface area is 95.2 Å². The molecule has 2 bridgehead atoms. The van der Waals surface area contributed by atoms with Crippen LogP contribution >= 0.6 is 0 Å². The first-order valence-corrected chi connectivity index (χ1v) is 5.23. The van der Waals surface area contributed by atoms with Gasteiger partial charge in [-0.15, -0.1) is 0 Å². The molecule has 0 spiro atoms. The van der Waals surface area contributed by atoms with Crippen molar-refractivity contribution < 1.29 is 13.2 Å². The van der Waals surface area contributed by atoms with Crippen molar-refractivity contribution in [2.45, 2.75) is 30.9 Å². The highest BCUT2D eigenvalue weighted by atomic mass is 19.4. The summed E-state index contributed by atoms with van der Waals surface area (Å²) in [5.74, 6) is 0.140. The van der Waals surface area contributed by atoms with E-state index in [1.807, 2.05) is 0 Å². The summed E-state index contributed by atoms with van der Waals surface area (Å²) < 4.78 is 38.1. The maximum Gasteiger partial charge on any atom is 0.394 e. The Morgan fingerprint density at radius 2 is 1.71 bits per heavy atom. The van der Waals surface area contributed by atoms with Crippen molar-refractivity contribution in [3.63, 3.8) is 0 Å². The van der Waals surface area contributed by atoms with Gasteiger partial charge in [0.2, 0.25) is 0 Å². The van der Waals surface area contributed by atoms with Gasteiger partial charge in [-0.3, -0.25) is 0 Å². The second-order valence-electron chi connectivity index (χ2n) is 5.11. The molecule has 4 nitrogen and oxygen atoms in total. The van der Waals surface area contributed by atoms with Crippen LogP contribution in [0.2, 0.25) is 0 Å². The van der Waals surface area contributed by atoms with Gasteiger partial charge in [-0.25, -0.2) is 9.97 Å². The first kappa shape index (κ1) is 10.6. The second kappa shape index (κ2) is 2.65. The van der Waals surface area contributed by atoms with E-state index in [2.05, 4.69) is 9.97 Å². The lowest BCUT2D eigenvalue weighted by atomic mass is 9.34. The quantitative estimate of drug-likeness (QED) is 0.787. The number of anilines is 2. The Kier molecular flexibility index (Phi) is 1.66. The summed E-state index contributed by atoms with van der Waals surface area (Å²) >= 11 is 0. The number of nitrogens with zero attached hydrogens (tertiary/aromatic N) is 2. The number of nitrogens with two attached hydrogens (primary N) is 2. The number of nitrogen functional groups attached to an aromatic ring is 2. The molecule has 1 aromatic rings. The van der Waals surface area contributed by atoms with Gasteiger partial charge < -0.3 is 11.5 Å². The van der Waals surface area contributed by atoms with Crippen molar-refractivity contribution in [2.24, 2.45) is 5.41 Å². The zero-order valence-electron chi connectivity index (χ0n) is 8.88. The minimum Gasteiger partial charge on any atom is -0.394 e. The highest BCUT2D eigenvalue weighted by molar-refractivity contribution is 5.64. The Hall–Kier alpha value is -1.53. The fourth-order valence-electron chi connectivity index (χ4n) is 3.17. The molecule has 0 aliphatic heterocycles. The lowest BCUT2D eigenvalue weighted by molar-refractivity contribution is -0.337. The minimum atomic E-state index is -4.12. The van der Waals surface area contributed by atoms with Gasteiger partial charge in [0, 0.05) is 5.41 Å². The van der Waals surface area contributed by atoms with E-state index in [9.17, 15) is 13.2 Å². The van der Waals surface area contributed by atoms with E-state index in [-0.39, 0.29) is 30.8 Å². The topological polar surface area (TPSA) is 77.8 Å². The maximum absolute atomic E-state index is 12.7. The molecular formula is C10H11F3N4. The maximum atomic E-state index is 12.7. The zero-order chi connectivity index (χ0) is 12.5. The van der Waals surface area contributed by atoms with Gasteiger partial charge in [0.15, 0.2) is 0 Å². The molecular weight excluding hydrogens is 233 g/mol. The van der Waals surface area contributed by atoms with Gasteiger partial charge in [-0.05, 0) is 19.3 Å². The molecule has 4 N–H and O–H groups in total. The fourth-order valence-corrected chi connectivity index (χ4v) is 3.17.